The number of nitriles is 1. The molecule has 0 aliphatic heterocycles. The first-order valence-electron chi connectivity index (χ1n) is 5.85. The van der Waals surface area contributed by atoms with E-state index < -0.39 is 0 Å². The number of rotatable bonds is 6. The van der Waals surface area contributed by atoms with Crippen LogP contribution in [0.4, 0.5) is 0 Å². The smallest absolute Gasteiger partial charge is 0.0684 e. The Morgan fingerprint density at radius 2 is 2.25 bits per heavy atom. The Morgan fingerprint density at radius 1 is 1.50 bits per heavy atom. The van der Waals surface area contributed by atoms with E-state index in [4.69, 9.17) is 5.26 Å². The fraction of sp³-hybridized carbons (Fsp3) is 0.615. The Labute approximate surface area is 98.1 Å². The number of aromatic nitrogens is 1. The molecule has 0 unspecified atom stereocenters. The maximum absolute atomic E-state index is 8.96. The highest BCUT2D eigenvalue weighted by Crippen LogP contribution is 2.20. The van der Waals surface area contributed by atoms with E-state index in [1.54, 1.807) is 0 Å². The Hall–Kier alpha value is -1.27. The van der Waals surface area contributed by atoms with Crippen molar-refractivity contribution in [3.63, 3.8) is 0 Å². The first-order valence-corrected chi connectivity index (χ1v) is 5.85. The lowest BCUT2D eigenvalue weighted by Crippen LogP contribution is -2.17. The zero-order chi connectivity index (χ0) is 12.0. The van der Waals surface area contributed by atoms with Crippen LogP contribution in [0.25, 0.3) is 0 Å². The normalized spacial score (nSPS) is 11.4. The van der Waals surface area contributed by atoms with Crippen LogP contribution >= 0.6 is 0 Å². The molecule has 0 aliphatic rings. The standard InChI is InChI=1S/C13H21N3/c1-4-15-10-12-6-5-8-16(12)9-7-13(2,3)11-14/h5-6,8,15H,4,7,9-10H2,1-3H3. The van der Waals surface area contributed by atoms with Gasteiger partial charge in [-0.1, -0.05) is 6.92 Å². The molecule has 1 N–H and O–H groups in total. The highest BCUT2D eigenvalue weighted by atomic mass is 15.0. The van der Waals surface area contributed by atoms with Gasteiger partial charge < -0.3 is 9.88 Å². The van der Waals surface area contributed by atoms with Gasteiger partial charge in [-0.25, -0.2) is 0 Å². The maximum Gasteiger partial charge on any atom is 0.0684 e. The van der Waals surface area contributed by atoms with Gasteiger partial charge in [-0.3, -0.25) is 0 Å². The van der Waals surface area contributed by atoms with Crippen molar-refractivity contribution in [1.29, 1.82) is 5.26 Å². The van der Waals surface area contributed by atoms with Crippen LogP contribution < -0.4 is 5.32 Å². The molecule has 0 bridgehead atoms. The quantitative estimate of drug-likeness (QED) is 0.798. The van der Waals surface area contributed by atoms with Crippen LogP contribution in [0.2, 0.25) is 0 Å². The van der Waals surface area contributed by atoms with Crippen molar-refractivity contribution in [2.24, 2.45) is 5.41 Å². The van der Waals surface area contributed by atoms with E-state index in [0.717, 1.165) is 26.1 Å². The molecule has 0 saturated carbocycles. The van der Waals surface area contributed by atoms with Gasteiger partial charge in [0, 0.05) is 25.0 Å². The van der Waals surface area contributed by atoms with Crippen LogP contribution in [-0.2, 0) is 13.1 Å². The Balaban J connectivity index is 2.54. The van der Waals surface area contributed by atoms with E-state index in [0.29, 0.717) is 0 Å². The molecule has 3 heteroatoms. The van der Waals surface area contributed by atoms with Crippen molar-refractivity contribution in [1.82, 2.24) is 9.88 Å². The summed E-state index contributed by atoms with van der Waals surface area (Å²) in [5.41, 5.74) is 1.05. The zero-order valence-corrected chi connectivity index (χ0v) is 10.5. The number of hydrogen-bond donors (Lipinski definition) is 1. The molecule has 0 aliphatic carbocycles. The topological polar surface area (TPSA) is 40.8 Å². The van der Waals surface area contributed by atoms with Crippen LogP contribution in [-0.4, -0.2) is 11.1 Å². The first-order chi connectivity index (χ1) is 7.59. The molecule has 88 valence electrons. The van der Waals surface area contributed by atoms with Gasteiger partial charge in [0.2, 0.25) is 0 Å². The summed E-state index contributed by atoms with van der Waals surface area (Å²) >= 11 is 0. The van der Waals surface area contributed by atoms with Gasteiger partial charge in [0.1, 0.15) is 0 Å². The van der Waals surface area contributed by atoms with E-state index in [1.165, 1.54) is 5.69 Å². The summed E-state index contributed by atoms with van der Waals surface area (Å²) in [6.07, 6.45) is 2.97. The lowest BCUT2D eigenvalue weighted by molar-refractivity contribution is 0.408. The number of nitrogens with one attached hydrogen (secondary N) is 1. The number of aryl methyl sites for hydroxylation is 1. The number of nitrogens with zero attached hydrogens (tertiary/aromatic N) is 2. The molecule has 0 atom stereocenters. The molecule has 0 radical (unpaired) electrons. The SMILES string of the molecule is CCNCc1cccn1CCC(C)(C)C#N. The van der Waals surface area contributed by atoms with E-state index in [2.05, 4.69) is 41.2 Å². The second-order valence-corrected chi connectivity index (χ2v) is 4.72. The predicted molar refractivity (Wildman–Crippen MR) is 65.8 cm³/mol. The average Bonchev–Trinajstić information content (AvgIpc) is 2.71. The maximum atomic E-state index is 8.96. The van der Waals surface area contributed by atoms with Crippen molar-refractivity contribution in [2.75, 3.05) is 6.54 Å². The Morgan fingerprint density at radius 3 is 2.88 bits per heavy atom. The summed E-state index contributed by atoms with van der Waals surface area (Å²) in [5.74, 6) is 0. The Kier molecular flexibility index (Phi) is 4.57. The van der Waals surface area contributed by atoms with Crippen LogP contribution in [0.3, 0.4) is 0 Å². The van der Waals surface area contributed by atoms with Crippen molar-refractivity contribution in [3.05, 3.63) is 24.0 Å². The molecule has 16 heavy (non-hydrogen) atoms. The molecule has 0 amide bonds. The second-order valence-electron chi connectivity index (χ2n) is 4.72. The number of hydrogen-bond acceptors (Lipinski definition) is 2. The van der Waals surface area contributed by atoms with Crippen molar-refractivity contribution >= 4 is 0 Å². The molecule has 1 rings (SSSR count). The van der Waals surface area contributed by atoms with Crippen LogP contribution in [0.5, 0.6) is 0 Å². The van der Waals surface area contributed by atoms with Crippen LogP contribution in [0.15, 0.2) is 18.3 Å². The molecule has 1 heterocycles. The lowest BCUT2D eigenvalue weighted by atomic mass is 9.91. The second kappa shape index (κ2) is 5.72. The minimum Gasteiger partial charge on any atom is -0.350 e. The first kappa shape index (κ1) is 12.8. The molecular formula is C13H21N3. The van der Waals surface area contributed by atoms with Crippen molar-refractivity contribution in [2.45, 2.75) is 40.3 Å². The van der Waals surface area contributed by atoms with Gasteiger partial charge in [0.25, 0.3) is 0 Å². The predicted octanol–water partition coefficient (Wildman–Crippen LogP) is 2.54. The molecular weight excluding hydrogens is 198 g/mol. The van der Waals surface area contributed by atoms with Gasteiger partial charge in [-0.2, -0.15) is 5.26 Å². The minimum atomic E-state index is -0.236. The third-order valence-electron chi connectivity index (χ3n) is 2.76. The van der Waals surface area contributed by atoms with Crippen LogP contribution in [0.1, 0.15) is 32.9 Å². The summed E-state index contributed by atoms with van der Waals surface area (Å²) < 4.78 is 2.22. The third-order valence-corrected chi connectivity index (χ3v) is 2.76. The fourth-order valence-electron chi connectivity index (χ4n) is 1.54. The van der Waals surface area contributed by atoms with Gasteiger partial charge in [0.05, 0.1) is 11.5 Å². The van der Waals surface area contributed by atoms with E-state index in [-0.39, 0.29) is 5.41 Å². The highest BCUT2D eigenvalue weighted by molar-refractivity contribution is 5.07. The largest absolute Gasteiger partial charge is 0.350 e. The molecule has 1 aromatic rings. The van der Waals surface area contributed by atoms with Crippen molar-refractivity contribution < 1.29 is 0 Å². The average molecular weight is 219 g/mol. The van der Waals surface area contributed by atoms with Crippen LogP contribution in [0, 0.1) is 16.7 Å². The summed E-state index contributed by atoms with van der Waals surface area (Å²) in [5, 5.41) is 12.3. The molecule has 1 aromatic heterocycles. The molecule has 0 saturated heterocycles. The van der Waals surface area contributed by atoms with Gasteiger partial charge in [-0.05, 0) is 38.9 Å². The summed E-state index contributed by atoms with van der Waals surface area (Å²) in [7, 11) is 0. The van der Waals surface area contributed by atoms with Crippen molar-refractivity contribution in [3.8, 4) is 6.07 Å². The highest BCUT2D eigenvalue weighted by Gasteiger charge is 2.16. The molecule has 3 nitrogen and oxygen atoms in total. The summed E-state index contributed by atoms with van der Waals surface area (Å²) in [6, 6.07) is 6.53. The molecule has 0 aromatic carbocycles. The van der Waals surface area contributed by atoms with E-state index in [1.807, 2.05) is 13.8 Å². The molecule has 0 spiro atoms. The summed E-state index contributed by atoms with van der Waals surface area (Å²) in [4.78, 5) is 0. The van der Waals surface area contributed by atoms with E-state index in [9.17, 15) is 0 Å². The summed E-state index contributed by atoms with van der Waals surface area (Å²) in [6.45, 7) is 8.87. The zero-order valence-electron chi connectivity index (χ0n) is 10.5. The molecule has 0 fully saturated rings. The Bertz CT molecular complexity index is 357. The fourth-order valence-corrected chi connectivity index (χ4v) is 1.54. The monoisotopic (exact) mass is 219 g/mol. The third kappa shape index (κ3) is 3.71. The minimum absolute atomic E-state index is 0.236. The van der Waals surface area contributed by atoms with Gasteiger partial charge in [0.15, 0.2) is 0 Å². The van der Waals surface area contributed by atoms with Gasteiger partial charge >= 0.3 is 0 Å². The lowest BCUT2D eigenvalue weighted by Gasteiger charge is -2.17. The van der Waals surface area contributed by atoms with Gasteiger partial charge in [-0.15, -0.1) is 0 Å². The van der Waals surface area contributed by atoms with E-state index >= 15 is 0 Å².